The lowest BCUT2D eigenvalue weighted by Gasteiger charge is -2.24. The van der Waals surface area contributed by atoms with E-state index in [1.807, 2.05) is 0 Å². The summed E-state index contributed by atoms with van der Waals surface area (Å²) in [7, 11) is 0. The minimum atomic E-state index is 0.719. The highest BCUT2D eigenvalue weighted by molar-refractivity contribution is 4.73. The maximum Gasteiger partial charge on any atom is 0.00670 e. The second kappa shape index (κ2) is 8.08. The average Bonchev–Trinajstić information content (AvgIpc) is 2.28. The van der Waals surface area contributed by atoms with E-state index in [1.54, 1.807) is 0 Å². The predicted octanol–water partition coefficient (Wildman–Crippen LogP) is 2.92. The van der Waals surface area contributed by atoms with E-state index in [0.29, 0.717) is 0 Å². The number of nitrogens with one attached hydrogen (secondary N) is 1. The average molecular weight is 226 g/mol. The van der Waals surface area contributed by atoms with Crippen LogP contribution in [0.5, 0.6) is 0 Å². The summed E-state index contributed by atoms with van der Waals surface area (Å²) >= 11 is 0. The minimum absolute atomic E-state index is 0.719. The molecule has 1 atom stereocenters. The summed E-state index contributed by atoms with van der Waals surface area (Å²) < 4.78 is 0. The Kier molecular flexibility index (Phi) is 7.06. The van der Waals surface area contributed by atoms with Crippen LogP contribution >= 0.6 is 0 Å². The quantitative estimate of drug-likeness (QED) is 0.700. The summed E-state index contributed by atoms with van der Waals surface area (Å²) in [5.74, 6) is 1.50. The monoisotopic (exact) mass is 226 g/mol. The molecule has 1 aliphatic carbocycles. The lowest BCUT2D eigenvalue weighted by atomic mass is 9.93. The fourth-order valence-electron chi connectivity index (χ4n) is 2.80. The Morgan fingerprint density at radius 2 is 1.88 bits per heavy atom. The number of rotatable bonds is 7. The molecule has 1 rings (SSSR count). The van der Waals surface area contributed by atoms with Crippen molar-refractivity contribution in [2.24, 2.45) is 17.6 Å². The molecule has 0 aliphatic heterocycles. The highest BCUT2D eigenvalue weighted by Gasteiger charge is 2.13. The van der Waals surface area contributed by atoms with E-state index in [0.717, 1.165) is 24.4 Å². The van der Waals surface area contributed by atoms with Gasteiger partial charge in [-0.2, -0.15) is 0 Å². The zero-order chi connectivity index (χ0) is 11.8. The molecule has 0 aromatic heterocycles. The molecule has 2 nitrogen and oxygen atoms in total. The van der Waals surface area contributed by atoms with Crippen molar-refractivity contribution >= 4 is 0 Å². The van der Waals surface area contributed by atoms with Gasteiger partial charge in [0.2, 0.25) is 0 Å². The standard InChI is InChI=1S/C14H30N2/c1-12(2)10-13(11-15)8-9-16-14-6-4-3-5-7-14/h12-14,16H,3-11,15H2,1-2H3. The van der Waals surface area contributed by atoms with Crippen LogP contribution in [0.3, 0.4) is 0 Å². The van der Waals surface area contributed by atoms with Gasteiger partial charge in [0.1, 0.15) is 0 Å². The van der Waals surface area contributed by atoms with E-state index in [2.05, 4.69) is 19.2 Å². The van der Waals surface area contributed by atoms with E-state index in [-0.39, 0.29) is 0 Å². The van der Waals surface area contributed by atoms with E-state index in [4.69, 9.17) is 5.73 Å². The number of hydrogen-bond acceptors (Lipinski definition) is 2. The largest absolute Gasteiger partial charge is 0.330 e. The fourth-order valence-corrected chi connectivity index (χ4v) is 2.80. The predicted molar refractivity (Wildman–Crippen MR) is 71.5 cm³/mol. The molecule has 16 heavy (non-hydrogen) atoms. The van der Waals surface area contributed by atoms with E-state index < -0.39 is 0 Å². The Bertz CT molecular complexity index is 162. The van der Waals surface area contributed by atoms with E-state index in [9.17, 15) is 0 Å². The van der Waals surface area contributed by atoms with E-state index in [1.165, 1.54) is 51.5 Å². The van der Waals surface area contributed by atoms with Crippen molar-refractivity contribution in [1.82, 2.24) is 5.32 Å². The maximum atomic E-state index is 5.81. The number of hydrogen-bond donors (Lipinski definition) is 2. The summed E-state index contributed by atoms with van der Waals surface area (Å²) in [5, 5.41) is 3.70. The Balaban J connectivity index is 2.07. The van der Waals surface area contributed by atoms with E-state index >= 15 is 0 Å². The molecule has 0 aromatic rings. The van der Waals surface area contributed by atoms with Gasteiger partial charge in [-0.25, -0.2) is 0 Å². The lowest BCUT2D eigenvalue weighted by Crippen LogP contribution is -2.33. The molecule has 0 spiro atoms. The fraction of sp³-hybridized carbons (Fsp3) is 1.00. The van der Waals surface area contributed by atoms with Crippen LogP contribution in [-0.4, -0.2) is 19.1 Å². The third-order valence-electron chi connectivity index (χ3n) is 3.73. The molecule has 3 N–H and O–H groups in total. The third-order valence-corrected chi connectivity index (χ3v) is 3.73. The van der Waals surface area contributed by atoms with Gasteiger partial charge in [-0.05, 0) is 50.6 Å². The molecule has 0 saturated heterocycles. The molecule has 1 aliphatic rings. The Morgan fingerprint density at radius 3 is 2.44 bits per heavy atom. The normalized spacial score (nSPS) is 20.2. The van der Waals surface area contributed by atoms with Crippen LogP contribution in [0.1, 0.15) is 58.8 Å². The van der Waals surface area contributed by atoms with Gasteiger partial charge in [-0.1, -0.05) is 33.1 Å². The second-order valence-corrected chi connectivity index (χ2v) is 5.81. The van der Waals surface area contributed by atoms with Crippen LogP contribution in [0.15, 0.2) is 0 Å². The molecule has 1 saturated carbocycles. The highest BCUT2D eigenvalue weighted by Crippen LogP contribution is 2.18. The van der Waals surface area contributed by atoms with Gasteiger partial charge in [-0.15, -0.1) is 0 Å². The van der Waals surface area contributed by atoms with Gasteiger partial charge in [-0.3, -0.25) is 0 Å². The highest BCUT2D eigenvalue weighted by atomic mass is 14.9. The van der Waals surface area contributed by atoms with Gasteiger partial charge in [0.25, 0.3) is 0 Å². The third kappa shape index (κ3) is 5.86. The smallest absolute Gasteiger partial charge is 0.00670 e. The van der Waals surface area contributed by atoms with Gasteiger partial charge in [0.15, 0.2) is 0 Å². The molecular formula is C14H30N2. The van der Waals surface area contributed by atoms with Crippen molar-refractivity contribution in [2.45, 2.75) is 64.8 Å². The summed E-state index contributed by atoms with van der Waals surface area (Å²) in [4.78, 5) is 0. The molecule has 0 aromatic carbocycles. The van der Waals surface area contributed by atoms with Crippen molar-refractivity contribution < 1.29 is 0 Å². The van der Waals surface area contributed by atoms with Crippen LogP contribution in [0.25, 0.3) is 0 Å². The van der Waals surface area contributed by atoms with Gasteiger partial charge in [0, 0.05) is 6.04 Å². The van der Waals surface area contributed by atoms with Crippen molar-refractivity contribution in [1.29, 1.82) is 0 Å². The molecule has 1 fully saturated rings. The van der Waals surface area contributed by atoms with Gasteiger partial charge < -0.3 is 11.1 Å². The molecular weight excluding hydrogens is 196 g/mol. The zero-order valence-corrected chi connectivity index (χ0v) is 11.2. The van der Waals surface area contributed by atoms with Crippen molar-refractivity contribution in [3.8, 4) is 0 Å². The first-order valence-corrected chi connectivity index (χ1v) is 7.15. The van der Waals surface area contributed by atoms with Crippen molar-refractivity contribution in [2.75, 3.05) is 13.1 Å². The van der Waals surface area contributed by atoms with Crippen LogP contribution in [0.4, 0.5) is 0 Å². The van der Waals surface area contributed by atoms with Crippen LogP contribution in [-0.2, 0) is 0 Å². The maximum absolute atomic E-state index is 5.81. The molecule has 0 bridgehead atoms. The van der Waals surface area contributed by atoms with Crippen LogP contribution in [0, 0.1) is 11.8 Å². The van der Waals surface area contributed by atoms with Gasteiger partial charge >= 0.3 is 0 Å². The first kappa shape index (κ1) is 14.0. The van der Waals surface area contributed by atoms with Crippen molar-refractivity contribution in [3.63, 3.8) is 0 Å². The van der Waals surface area contributed by atoms with Crippen molar-refractivity contribution in [3.05, 3.63) is 0 Å². The first-order valence-electron chi connectivity index (χ1n) is 7.15. The minimum Gasteiger partial charge on any atom is -0.330 e. The summed E-state index contributed by atoms with van der Waals surface area (Å²) in [6.07, 6.45) is 9.59. The summed E-state index contributed by atoms with van der Waals surface area (Å²) in [6, 6.07) is 0.797. The SMILES string of the molecule is CC(C)CC(CN)CCNC1CCCCC1. The Hall–Kier alpha value is -0.0800. The molecule has 96 valence electrons. The lowest BCUT2D eigenvalue weighted by molar-refractivity contribution is 0.339. The molecule has 0 amide bonds. The molecule has 1 unspecified atom stereocenters. The van der Waals surface area contributed by atoms with Crippen LogP contribution in [0.2, 0.25) is 0 Å². The Labute approximate surface area is 101 Å². The van der Waals surface area contributed by atoms with Gasteiger partial charge in [0.05, 0.1) is 0 Å². The topological polar surface area (TPSA) is 38.0 Å². The summed E-state index contributed by atoms with van der Waals surface area (Å²) in [6.45, 7) is 6.60. The molecule has 0 heterocycles. The second-order valence-electron chi connectivity index (χ2n) is 5.81. The Morgan fingerprint density at radius 1 is 1.19 bits per heavy atom. The molecule has 0 radical (unpaired) electrons. The molecule has 2 heteroatoms. The summed E-state index contributed by atoms with van der Waals surface area (Å²) in [5.41, 5.74) is 5.81. The number of nitrogens with two attached hydrogens (primary N) is 1. The zero-order valence-electron chi connectivity index (χ0n) is 11.2. The first-order chi connectivity index (χ1) is 7.72. The van der Waals surface area contributed by atoms with Crippen LogP contribution < -0.4 is 11.1 Å².